The van der Waals surface area contributed by atoms with Crippen LogP contribution in [0.4, 0.5) is 5.69 Å². The molecule has 0 amide bonds. The van der Waals surface area contributed by atoms with Gasteiger partial charge in [0.05, 0.1) is 17.8 Å². The van der Waals surface area contributed by atoms with Gasteiger partial charge in [0.15, 0.2) is 0 Å². The number of nitrogens with one attached hydrogen (secondary N) is 1. The van der Waals surface area contributed by atoms with Gasteiger partial charge in [-0.2, -0.15) is 0 Å². The van der Waals surface area contributed by atoms with E-state index in [0.717, 1.165) is 76.8 Å². The summed E-state index contributed by atoms with van der Waals surface area (Å²) in [7, 11) is 0. The molecule has 52 heavy (non-hydrogen) atoms. The zero-order chi connectivity index (χ0) is 35.8. The number of hydrogen-bond acceptors (Lipinski definition) is 5. The molecule has 2 aromatic carbocycles. The van der Waals surface area contributed by atoms with Crippen LogP contribution in [0, 0.1) is 64.1 Å². The molecule has 2 saturated heterocycles. The second-order valence-electron chi connectivity index (χ2n) is 20.3. The van der Waals surface area contributed by atoms with Gasteiger partial charge in [-0.15, -0.1) is 0 Å². The summed E-state index contributed by atoms with van der Waals surface area (Å²) in [6, 6.07) is 20.1. The van der Waals surface area contributed by atoms with Crippen molar-refractivity contribution in [2.24, 2.45) is 64.1 Å². The Morgan fingerprint density at radius 2 is 1.60 bits per heavy atom. The van der Waals surface area contributed by atoms with Crippen molar-refractivity contribution in [1.82, 2.24) is 4.90 Å². The molecule has 7 aliphatic rings. The van der Waals surface area contributed by atoms with Crippen LogP contribution < -0.4 is 5.32 Å². The van der Waals surface area contributed by atoms with Gasteiger partial charge >= 0.3 is 0 Å². The van der Waals surface area contributed by atoms with Crippen molar-refractivity contribution in [2.45, 2.75) is 135 Å². The number of fused-ring (bicyclic) bond motifs is 8. The summed E-state index contributed by atoms with van der Waals surface area (Å²) in [5.74, 6) is 5.19. The minimum Gasteiger partial charge on any atom is -0.393 e. The monoisotopic (exact) mass is 709 g/mol. The van der Waals surface area contributed by atoms with E-state index in [1.54, 1.807) is 0 Å². The fourth-order valence-electron chi connectivity index (χ4n) is 15.2. The van der Waals surface area contributed by atoms with Crippen LogP contribution in [0.1, 0.15) is 109 Å². The van der Waals surface area contributed by atoms with Gasteiger partial charge in [-0.25, -0.2) is 0 Å². The van der Waals surface area contributed by atoms with Gasteiger partial charge in [0.2, 0.25) is 0 Å². The molecule has 1 spiro atoms. The van der Waals surface area contributed by atoms with Crippen LogP contribution in [0.25, 0.3) is 0 Å². The molecule has 7 fully saturated rings. The predicted octanol–water partition coefficient (Wildman–Crippen LogP) is 8.36. The largest absolute Gasteiger partial charge is 0.393 e. The van der Waals surface area contributed by atoms with Crippen LogP contribution in [0.5, 0.6) is 0 Å². The molecule has 284 valence electrons. The Balaban J connectivity index is 0.872. The van der Waals surface area contributed by atoms with Crippen LogP contribution in [0.15, 0.2) is 54.6 Å². The van der Waals surface area contributed by atoms with E-state index < -0.39 is 5.60 Å². The van der Waals surface area contributed by atoms with Crippen molar-refractivity contribution >= 4 is 5.69 Å². The first-order chi connectivity index (χ1) is 25.0. The molecule has 0 aromatic heterocycles. The molecule has 0 radical (unpaired) electrons. The lowest BCUT2D eigenvalue weighted by molar-refractivity contribution is -0.180. The fourth-order valence-corrected chi connectivity index (χ4v) is 15.2. The minimum absolute atomic E-state index is 0.000334. The van der Waals surface area contributed by atoms with E-state index in [1.807, 2.05) is 0 Å². The van der Waals surface area contributed by atoms with Gasteiger partial charge in [-0.3, -0.25) is 4.90 Å². The molecule has 2 aliphatic heterocycles. The van der Waals surface area contributed by atoms with Crippen molar-refractivity contribution in [2.75, 3.05) is 25.0 Å². The molecule has 4 N–H and O–H groups in total. The Morgan fingerprint density at radius 3 is 2.44 bits per heavy atom. The maximum Gasteiger partial charge on any atom is 0.0805 e. The molecule has 2 heterocycles. The average molecular weight is 709 g/mol. The first-order valence-electron chi connectivity index (χ1n) is 21.7. The van der Waals surface area contributed by atoms with Gasteiger partial charge in [-0.1, -0.05) is 56.3 Å². The molecule has 0 unspecified atom stereocenters. The van der Waals surface area contributed by atoms with Crippen molar-refractivity contribution in [3.63, 3.8) is 0 Å². The highest BCUT2D eigenvalue weighted by Crippen LogP contribution is 2.70. The lowest BCUT2D eigenvalue weighted by atomic mass is 9.46. The maximum absolute atomic E-state index is 12.2. The van der Waals surface area contributed by atoms with Crippen LogP contribution in [0.3, 0.4) is 0 Å². The van der Waals surface area contributed by atoms with E-state index in [1.165, 1.54) is 55.5 Å². The number of piperidine rings is 2. The maximum atomic E-state index is 12.2. The number of hydrogen-bond donors (Lipinski definition) is 4. The van der Waals surface area contributed by atoms with E-state index in [4.69, 9.17) is 0 Å². The number of aryl methyl sites for hydroxylation is 1. The Kier molecular flexibility index (Phi) is 9.41. The van der Waals surface area contributed by atoms with Crippen molar-refractivity contribution in [3.05, 3.63) is 65.7 Å². The third-order valence-corrected chi connectivity index (χ3v) is 17.5. The molecule has 5 saturated carbocycles. The van der Waals surface area contributed by atoms with Gasteiger partial charge in [-0.05, 0) is 184 Å². The number of aliphatic hydroxyl groups excluding tert-OH is 2. The molecule has 2 aromatic rings. The first-order valence-corrected chi connectivity index (χ1v) is 21.7. The first kappa shape index (κ1) is 35.8. The van der Waals surface area contributed by atoms with E-state index >= 15 is 0 Å². The summed E-state index contributed by atoms with van der Waals surface area (Å²) >= 11 is 0. The van der Waals surface area contributed by atoms with Crippen molar-refractivity contribution in [3.8, 4) is 0 Å². The van der Waals surface area contributed by atoms with E-state index in [9.17, 15) is 15.3 Å². The Bertz CT molecular complexity index is 1560. The highest BCUT2D eigenvalue weighted by atomic mass is 16.3. The molecule has 15 atom stereocenters. The predicted molar refractivity (Wildman–Crippen MR) is 210 cm³/mol. The van der Waals surface area contributed by atoms with Crippen molar-refractivity contribution < 1.29 is 15.3 Å². The zero-order valence-corrected chi connectivity index (χ0v) is 32.4. The molecule has 9 rings (SSSR count). The summed E-state index contributed by atoms with van der Waals surface area (Å²) in [5.41, 5.74) is 3.50. The molecular weight excluding hydrogens is 641 g/mol. The van der Waals surface area contributed by atoms with Gasteiger partial charge in [0, 0.05) is 31.4 Å². The van der Waals surface area contributed by atoms with Crippen LogP contribution in [0.2, 0.25) is 0 Å². The molecule has 5 heteroatoms. The third kappa shape index (κ3) is 6.11. The van der Waals surface area contributed by atoms with Crippen molar-refractivity contribution in [1.29, 1.82) is 0 Å². The van der Waals surface area contributed by atoms with Gasteiger partial charge in [0.25, 0.3) is 0 Å². The summed E-state index contributed by atoms with van der Waals surface area (Å²) in [6.45, 7) is 10.4. The normalized spacial score (nSPS) is 46.9. The Hall–Kier alpha value is -1.92. The highest BCUT2D eigenvalue weighted by molar-refractivity contribution is 5.46. The average Bonchev–Trinajstić information content (AvgIpc) is 3.72. The fraction of sp³-hybridized carbons (Fsp3) is 0.745. The number of aliphatic hydroxyl groups is 3. The highest BCUT2D eigenvalue weighted by Gasteiger charge is 2.67. The zero-order valence-electron chi connectivity index (χ0n) is 32.4. The van der Waals surface area contributed by atoms with Gasteiger partial charge < -0.3 is 20.6 Å². The molecule has 5 aliphatic carbocycles. The minimum atomic E-state index is -0.591. The number of nitrogens with zero attached hydrogens (tertiary/aromatic N) is 1. The Labute approximate surface area is 314 Å². The lowest BCUT2D eigenvalue weighted by Crippen LogP contribution is -2.67. The van der Waals surface area contributed by atoms with Gasteiger partial charge in [0.1, 0.15) is 0 Å². The van der Waals surface area contributed by atoms with Crippen LogP contribution in [-0.4, -0.2) is 63.7 Å². The van der Waals surface area contributed by atoms with E-state index in [-0.39, 0.29) is 29.0 Å². The second kappa shape index (κ2) is 13.7. The third-order valence-electron chi connectivity index (χ3n) is 17.5. The summed E-state index contributed by atoms with van der Waals surface area (Å²) in [4.78, 5) is 2.71. The number of anilines is 1. The summed E-state index contributed by atoms with van der Waals surface area (Å²) < 4.78 is 0. The van der Waals surface area contributed by atoms with Crippen LogP contribution in [-0.2, 0) is 12.8 Å². The summed E-state index contributed by atoms with van der Waals surface area (Å²) in [5, 5.41) is 39.7. The molecular formula is C47H68N2O3. The summed E-state index contributed by atoms with van der Waals surface area (Å²) in [6.07, 6.45) is 15.1. The Morgan fingerprint density at radius 1 is 0.769 bits per heavy atom. The quantitative estimate of drug-likeness (QED) is 0.233. The van der Waals surface area contributed by atoms with Crippen LogP contribution >= 0.6 is 0 Å². The molecule has 5 nitrogen and oxygen atoms in total. The molecule has 0 bridgehead atoms. The second-order valence-corrected chi connectivity index (χ2v) is 20.3. The van der Waals surface area contributed by atoms with E-state index in [2.05, 4.69) is 85.6 Å². The smallest absolute Gasteiger partial charge is 0.0805 e. The standard InChI is InChI=1S/C47H68N2O3/c1-30-12-17-43-46(3,52)39-16-15-35-36(38(39)28-49(43)27-30)23-40-37(35)24-42(50)41-25-44(51)47(29-45(40,41)2)20-18-33(26-47)14-13-32-10-7-11-34(22-32)48-21-19-31-8-5-4-6-9-31/h4-11,22,30,33,35-44,48,50-52H,12-21,23-29H2,1-3H3/t30-,33-,35+,36+,37+,38+,39-,40-,41+,42+,43-,44-,45-,46+,47-/m1/s1. The number of rotatable bonds is 7. The number of benzene rings is 2. The van der Waals surface area contributed by atoms with E-state index in [0.29, 0.717) is 47.5 Å². The topological polar surface area (TPSA) is 76.0 Å². The SMILES string of the molecule is C[C@@H]1CC[C@H]2N(C1)C[C@H]1[C@H]3C[C@@H]4[C@@H](C[C@H](O)[C@@H]5C[C@@H](O)[C@@]6(CC[C@@H](CCc7cccc(NCCc8ccccc8)c7)C6)C[C@]45C)[C@H]3CC[C@H]1[C@]2(C)O. The lowest BCUT2D eigenvalue weighted by Gasteiger charge is -2.60.